The maximum atomic E-state index is 13.9. The molecule has 164 valence electrons. The number of ketones is 1. The van der Waals surface area contributed by atoms with E-state index in [1.54, 1.807) is 0 Å². The van der Waals surface area contributed by atoms with Gasteiger partial charge >= 0.3 is 0 Å². The summed E-state index contributed by atoms with van der Waals surface area (Å²) in [6.45, 7) is 4.32. The molecule has 33 heavy (non-hydrogen) atoms. The first kappa shape index (κ1) is 22.6. The van der Waals surface area contributed by atoms with Crippen LogP contribution in [0.25, 0.3) is 10.8 Å². The van der Waals surface area contributed by atoms with Crippen molar-refractivity contribution in [2.45, 2.75) is 31.1 Å². The molecule has 0 radical (unpaired) electrons. The zero-order valence-electron chi connectivity index (χ0n) is 18.7. The van der Waals surface area contributed by atoms with Gasteiger partial charge in [-0.15, -0.1) is 0 Å². The van der Waals surface area contributed by atoms with Crippen LogP contribution in [0.15, 0.2) is 97.1 Å². The molecule has 0 aliphatic heterocycles. The number of hydrogen-bond donors (Lipinski definition) is 1. The molecule has 1 N–H and O–H groups in total. The normalized spacial score (nSPS) is 12.8. The van der Waals surface area contributed by atoms with E-state index in [1.807, 2.05) is 72.8 Å². The molecule has 0 spiro atoms. The molecule has 2 atom stereocenters. The van der Waals surface area contributed by atoms with Crippen LogP contribution < -0.4 is 5.32 Å². The van der Waals surface area contributed by atoms with Crippen molar-refractivity contribution < 1.29 is 4.79 Å². The van der Waals surface area contributed by atoms with E-state index < -0.39 is 5.25 Å². The van der Waals surface area contributed by atoms with Gasteiger partial charge in [0.25, 0.3) is 0 Å². The van der Waals surface area contributed by atoms with Gasteiger partial charge in [0, 0.05) is 11.3 Å². The fraction of sp³-hybridized carbons (Fsp3) is 0.172. The molecular formula is C29H26N2OS. The molecule has 4 aromatic rings. The molecule has 0 aliphatic rings. The van der Waals surface area contributed by atoms with Gasteiger partial charge in [-0.2, -0.15) is 5.26 Å². The van der Waals surface area contributed by atoms with Gasteiger partial charge in [-0.1, -0.05) is 98.8 Å². The number of Topliss-reactive ketones (excluding diaryl/α,β-unsaturated/α-hetero) is 1. The molecular weight excluding hydrogens is 424 g/mol. The van der Waals surface area contributed by atoms with Crippen LogP contribution in [0, 0.1) is 10.7 Å². The third-order valence-corrected chi connectivity index (χ3v) is 6.70. The van der Waals surface area contributed by atoms with Gasteiger partial charge in [-0.3, -0.25) is 4.79 Å². The smallest absolute Gasteiger partial charge is 0.179 e. The van der Waals surface area contributed by atoms with Crippen LogP contribution in [-0.2, 0) is 0 Å². The molecule has 3 nitrogen and oxygen atoms in total. The molecule has 4 aromatic carbocycles. The SMILES string of the molecule is CC(C)c1ccc([C@H](Nc2ccccc2)[C@@H](SC#N)C(=O)c2cccc3ccccc23)cc1. The van der Waals surface area contributed by atoms with E-state index in [2.05, 4.69) is 48.8 Å². The average Bonchev–Trinajstić information content (AvgIpc) is 2.86. The van der Waals surface area contributed by atoms with E-state index in [-0.39, 0.29) is 11.8 Å². The van der Waals surface area contributed by atoms with E-state index in [0.717, 1.165) is 33.8 Å². The van der Waals surface area contributed by atoms with E-state index in [0.29, 0.717) is 11.5 Å². The molecule has 0 aromatic heterocycles. The molecule has 0 bridgehead atoms. The summed E-state index contributed by atoms with van der Waals surface area (Å²) < 4.78 is 0. The number of hydrogen-bond acceptors (Lipinski definition) is 4. The summed E-state index contributed by atoms with van der Waals surface area (Å²) >= 11 is 1.01. The summed E-state index contributed by atoms with van der Waals surface area (Å²) in [4.78, 5) is 13.9. The predicted octanol–water partition coefficient (Wildman–Crippen LogP) is 7.58. The van der Waals surface area contributed by atoms with Crippen LogP contribution in [0.2, 0.25) is 0 Å². The largest absolute Gasteiger partial charge is 0.377 e. The minimum Gasteiger partial charge on any atom is -0.377 e. The maximum absolute atomic E-state index is 13.9. The second-order valence-corrected chi connectivity index (χ2v) is 9.26. The van der Waals surface area contributed by atoms with Gasteiger partial charge in [0.2, 0.25) is 0 Å². The van der Waals surface area contributed by atoms with Crippen molar-refractivity contribution in [3.05, 3.63) is 114 Å². The Labute approximate surface area is 199 Å². The lowest BCUT2D eigenvalue weighted by Crippen LogP contribution is -2.30. The van der Waals surface area contributed by atoms with Gasteiger partial charge in [0.05, 0.1) is 6.04 Å². The second-order valence-electron chi connectivity index (χ2n) is 8.33. The first-order chi connectivity index (χ1) is 16.1. The molecule has 0 saturated heterocycles. The number of benzene rings is 4. The average molecular weight is 451 g/mol. The Bertz CT molecular complexity index is 1270. The van der Waals surface area contributed by atoms with Crippen LogP contribution in [0.3, 0.4) is 0 Å². The van der Waals surface area contributed by atoms with Gasteiger partial charge < -0.3 is 5.32 Å². The van der Waals surface area contributed by atoms with E-state index in [4.69, 9.17) is 0 Å². The van der Waals surface area contributed by atoms with E-state index in [1.165, 1.54) is 5.56 Å². The van der Waals surface area contributed by atoms with Crippen molar-refractivity contribution in [3.63, 3.8) is 0 Å². The highest BCUT2D eigenvalue weighted by molar-refractivity contribution is 8.05. The molecule has 0 fully saturated rings. The number of anilines is 1. The van der Waals surface area contributed by atoms with Crippen molar-refractivity contribution in [3.8, 4) is 5.40 Å². The Morgan fingerprint density at radius 1 is 0.818 bits per heavy atom. The number of thioether (sulfide) groups is 1. The third-order valence-electron chi connectivity index (χ3n) is 5.85. The maximum Gasteiger partial charge on any atom is 0.179 e. The summed E-state index contributed by atoms with van der Waals surface area (Å²) in [6, 6.07) is 31.4. The van der Waals surface area contributed by atoms with Crippen molar-refractivity contribution in [1.29, 1.82) is 5.26 Å². The highest BCUT2D eigenvalue weighted by atomic mass is 32.2. The second kappa shape index (κ2) is 10.4. The Hall–Kier alpha value is -3.55. The van der Waals surface area contributed by atoms with Gasteiger partial charge in [-0.25, -0.2) is 0 Å². The van der Waals surface area contributed by atoms with Crippen molar-refractivity contribution in [2.75, 3.05) is 5.32 Å². The highest BCUT2D eigenvalue weighted by Gasteiger charge is 2.32. The number of carbonyl (C=O) groups excluding carboxylic acids is 1. The standard InChI is InChI=1S/C29H26N2OS/c1-20(2)21-15-17-23(18-16-21)27(31-24-11-4-3-5-12-24)29(33-19-30)28(32)26-14-8-10-22-9-6-7-13-25(22)26/h3-18,20,27,29,31H,1-2H3/t27-,29+/m0/s1. The number of nitriles is 1. The minimum absolute atomic E-state index is 0.0558. The monoisotopic (exact) mass is 450 g/mol. The predicted molar refractivity (Wildman–Crippen MR) is 139 cm³/mol. The van der Waals surface area contributed by atoms with Crippen LogP contribution in [0.4, 0.5) is 5.69 Å². The van der Waals surface area contributed by atoms with Crippen LogP contribution >= 0.6 is 11.8 Å². The Morgan fingerprint density at radius 2 is 1.45 bits per heavy atom. The molecule has 0 saturated carbocycles. The molecule has 4 rings (SSSR count). The van der Waals surface area contributed by atoms with Crippen LogP contribution in [-0.4, -0.2) is 11.0 Å². The third kappa shape index (κ3) is 5.10. The first-order valence-electron chi connectivity index (χ1n) is 11.1. The van der Waals surface area contributed by atoms with Gasteiger partial charge in [0.15, 0.2) is 5.78 Å². The number of rotatable bonds is 8. The van der Waals surface area contributed by atoms with Gasteiger partial charge in [0.1, 0.15) is 10.7 Å². The highest BCUT2D eigenvalue weighted by Crippen LogP contribution is 2.34. The van der Waals surface area contributed by atoms with Crippen molar-refractivity contribution >= 4 is 34.0 Å². The number of nitrogens with one attached hydrogen (secondary N) is 1. The molecule has 0 aliphatic carbocycles. The summed E-state index contributed by atoms with van der Waals surface area (Å²) in [7, 11) is 0. The Morgan fingerprint density at radius 3 is 2.15 bits per heavy atom. The number of nitrogens with zero attached hydrogens (tertiary/aromatic N) is 1. The fourth-order valence-corrected chi connectivity index (χ4v) is 4.77. The molecule has 4 heteroatoms. The minimum atomic E-state index is -0.620. The number of para-hydroxylation sites is 1. The molecule has 0 heterocycles. The van der Waals surface area contributed by atoms with E-state index >= 15 is 0 Å². The number of fused-ring (bicyclic) bond motifs is 1. The van der Waals surface area contributed by atoms with Crippen LogP contribution in [0.5, 0.6) is 0 Å². The summed E-state index contributed by atoms with van der Waals surface area (Å²) in [5.74, 6) is 0.362. The first-order valence-corrected chi connectivity index (χ1v) is 11.9. The Balaban J connectivity index is 1.79. The molecule has 0 amide bonds. The zero-order valence-corrected chi connectivity index (χ0v) is 19.5. The number of carbonyl (C=O) groups is 1. The topological polar surface area (TPSA) is 52.9 Å². The fourth-order valence-electron chi connectivity index (χ4n) is 4.06. The lowest BCUT2D eigenvalue weighted by atomic mass is 9.92. The van der Waals surface area contributed by atoms with Crippen molar-refractivity contribution in [1.82, 2.24) is 0 Å². The summed E-state index contributed by atoms with van der Waals surface area (Å²) in [5.41, 5.74) is 3.76. The van der Waals surface area contributed by atoms with Gasteiger partial charge in [-0.05, 0) is 51.7 Å². The quantitative estimate of drug-likeness (QED) is 0.222. The Kier molecular flexibility index (Phi) is 7.12. The van der Waals surface area contributed by atoms with Crippen molar-refractivity contribution in [2.24, 2.45) is 0 Å². The van der Waals surface area contributed by atoms with E-state index in [9.17, 15) is 10.1 Å². The zero-order chi connectivity index (χ0) is 23.2. The lowest BCUT2D eigenvalue weighted by Gasteiger charge is -2.27. The summed E-state index contributed by atoms with van der Waals surface area (Å²) in [6.07, 6.45) is 0. The number of thiocyanates is 1. The summed E-state index contributed by atoms with van der Waals surface area (Å²) in [5, 5.41) is 16.7. The lowest BCUT2D eigenvalue weighted by molar-refractivity contribution is 0.0985. The van der Waals surface area contributed by atoms with Crippen LogP contribution in [0.1, 0.15) is 47.3 Å². The molecule has 0 unspecified atom stereocenters.